The van der Waals surface area contributed by atoms with Gasteiger partial charge in [0.15, 0.2) is 0 Å². The Morgan fingerprint density at radius 1 is 1.37 bits per heavy atom. The lowest BCUT2D eigenvalue weighted by Crippen LogP contribution is -2.49. The molecule has 0 radical (unpaired) electrons. The number of carbonyl (C=O) groups is 1. The molecule has 0 aliphatic rings. The first-order valence-corrected chi connectivity index (χ1v) is 6.73. The number of hydrogen-bond acceptors (Lipinski definition) is 4. The van der Waals surface area contributed by atoms with Gasteiger partial charge in [-0.3, -0.25) is 4.79 Å². The van der Waals surface area contributed by atoms with E-state index in [-0.39, 0.29) is 23.9 Å². The van der Waals surface area contributed by atoms with Gasteiger partial charge in [0.2, 0.25) is 5.91 Å². The molecule has 0 aliphatic carbocycles. The maximum absolute atomic E-state index is 11.7. The summed E-state index contributed by atoms with van der Waals surface area (Å²) in [5, 5.41) is 2.89. The maximum Gasteiger partial charge on any atom is 0.230 e. The number of nitrogens with one attached hydrogen (secondary N) is 1. The molecule has 0 saturated carbocycles. The molecular weight excluding hydrogens is 284 g/mol. The number of rotatable bonds is 6. The summed E-state index contributed by atoms with van der Waals surface area (Å²) in [6, 6.07) is 7.63. The predicted molar refractivity (Wildman–Crippen MR) is 82.2 cm³/mol. The second-order valence-electron chi connectivity index (χ2n) is 4.60. The molecule has 0 saturated heterocycles. The Morgan fingerprint density at radius 3 is 2.42 bits per heavy atom. The molecule has 0 aromatic heterocycles. The minimum atomic E-state index is -0.350. The Morgan fingerprint density at radius 2 is 1.95 bits per heavy atom. The van der Waals surface area contributed by atoms with Crippen molar-refractivity contribution in [3.8, 4) is 5.75 Å². The number of hydrogen-bond donors (Lipinski definition) is 2. The fraction of sp³-hybridized carbons (Fsp3) is 0.462. The van der Waals surface area contributed by atoms with Gasteiger partial charge in [-0.1, -0.05) is 0 Å². The van der Waals surface area contributed by atoms with Gasteiger partial charge in [-0.25, -0.2) is 0 Å². The van der Waals surface area contributed by atoms with E-state index in [1.165, 1.54) is 11.8 Å². The third-order valence-corrected chi connectivity index (χ3v) is 3.43. The standard InChI is InChI=1S/C13H20N2O2S.ClH/c1-13(2,9-14)15-12(16)8-18-11-6-4-10(17-3)5-7-11;/h4-7H,8-9,14H2,1-3H3,(H,15,16);1H. The third kappa shape index (κ3) is 6.71. The highest BCUT2D eigenvalue weighted by Crippen LogP contribution is 2.21. The molecule has 1 aromatic carbocycles. The number of ether oxygens (including phenoxy) is 1. The normalized spacial score (nSPS) is 10.5. The van der Waals surface area contributed by atoms with E-state index in [1.54, 1.807) is 7.11 Å². The summed E-state index contributed by atoms with van der Waals surface area (Å²) in [6.45, 7) is 4.23. The number of nitrogens with two attached hydrogens (primary N) is 1. The van der Waals surface area contributed by atoms with E-state index >= 15 is 0 Å². The van der Waals surface area contributed by atoms with Crippen LogP contribution in [0.25, 0.3) is 0 Å². The number of benzene rings is 1. The summed E-state index contributed by atoms with van der Waals surface area (Å²) in [5.74, 6) is 1.19. The number of amides is 1. The average molecular weight is 305 g/mol. The van der Waals surface area contributed by atoms with E-state index in [1.807, 2.05) is 38.1 Å². The van der Waals surface area contributed by atoms with Crippen molar-refractivity contribution >= 4 is 30.1 Å². The quantitative estimate of drug-likeness (QED) is 0.790. The van der Waals surface area contributed by atoms with Gasteiger partial charge in [-0.2, -0.15) is 0 Å². The van der Waals surface area contributed by atoms with Gasteiger partial charge in [0.1, 0.15) is 5.75 Å². The first kappa shape index (κ1) is 18.1. The van der Waals surface area contributed by atoms with Crippen molar-refractivity contribution in [1.29, 1.82) is 0 Å². The van der Waals surface area contributed by atoms with Gasteiger partial charge in [0.05, 0.1) is 12.9 Å². The molecule has 0 heterocycles. The van der Waals surface area contributed by atoms with Gasteiger partial charge in [0.25, 0.3) is 0 Å². The molecule has 0 atom stereocenters. The molecule has 3 N–H and O–H groups in total. The van der Waals surface area contributed by atoms with Crippen LogP contribution in [0.5, 0.6) is 5.75 Å². The van der Waals surface area contributed by atoms with Crippen LogP contribution in [0.4, 0.5) is 0 Å². The van der Waals surface area contributed by atoms with Gasteiger partial charge in [-0.15, -0.1) is 24.2 Å². The van der Waals surface area contributed by atoms with Crippen LogP contribution in [0.1, 0.15) is 13.8 Å². The second-order valence-corrected chi connectivity index (χ2v) is 5.65. The Balaban J connectivity index is 0.00000324. The zero-order chi connectivity index (χ0) is 13.6. The molecule has 108 valence electrons. The minimum Gasteiger partial charge on any atom is -0.497 e. The Kier molecular flexibility index (Phi) is 7.90. The van der Waals surface area contributed by atoms with Crippen molar-refractivity contribution in [2.24, 2.45) is 5.73 Å². The lowest BCUT2D eigenvalue weighted by atomic mass is 10.1. The molecule has 0 unspecified atom stereocenters. The molecule has 0 bridgehead atoms. The fourth-order valence-electron chi connectivity index (χ4n) is 1.29. The molecule has 6 heteroatoms. The molecule has 1 amide bonds. The number of halogens is 1. The van der Waals surface area contributed by atoms with Crippen LogP contribution >= 0.6 is 24.2 Å². The van der Waals surface area contributed by atoms with E-state index in [2.05, 4.69) is 5.32 Å². The Labute approximate surface area is 124 Å². The highest BCUT2D eigenvalue weighted by molar-refractivity contribution is 8.00. The number of carbonyl (C=O) groups excluding carboxylic acids is 1. The lowest BCUT2D eigenvalue weighted by Gasteiger charge is -2.24. The maximum atomic E-state index is 11.7. The zero-order valence-corrected chi connectivity index (χ0v) is 13.1. The monoisotopic (exact) mass is 304 g/mol. The van der Waals surface area contributed by atoms with Gasteiger partial charge >= 0.3 is 0 Å². The van der Waals surface area contributed by atoms with Crippen LogP contribution in [0.2, 0.25) is 0 Å². The highest BCUT2D eigenvalue weighted by atomic mass is 35.5. The highest BCUT2D eigenvalue weighted by Gasteiger charge is 2.17. The SMILES string of the molecule is COc1ccc(SCC(=O)NC(C)(C)CN)cc1.Cl. The summed E-state index contributed by atoms with van der Waals surface area (Å²) in [7, 11) is 1.63. The number of methoxy groups -OCH3 is 1. The first-order valence-electron chi connectivity index (χ1n) is 5.75. The largest absolute Gasteiger partial charge is 0.497 e. The van der Waals surface area contributed by atoms with E-state index < -0.39 is 0 Å². The fourth-order valence-corrected chi connectivity index (χ4v) is 1.98. The van der Waals surface area contributed by atoms with E-state index in [0.717, 1.165) is 10.6 Å². The van der Waals surface area contributed by atoms with Crippen molar-refractivity contribution in [3.05, 3.63) is 24.3 Å². The predicted octanol–water partition coefficient (Wildman–Crippen LogP) is 2.06. The van der Waals surface area contributed by atoms with Crippen LogP contribution in [-0.4, -0.2) is 30.9 Å². The van der Waals surface area contributed by atoms with Crippen LogP contribution in [0.3, 0.4) is 0 Å². The average Bonchev–Trinajstić information content (AvgIpc) is 2.36. The van der Waals surface area contributed by atoms with Crippen molar-refractivity contribution in [3.63, 3.8) is 0 Å². The molecule has 0 aliphatic heterocycles. The van der Waals surface area contributed by atoms with E-state index in [0.29, 0.717) is 12.3 Å². The molecule has 1 rings (SSSR count). The third-order valence-electron chi connectivity index (χ3n) is 2.42. The summed E-state index contributed by atoms with van der Waals surface area (Å²) >= 11 is 1.49. The lowest BCUT2D eigenvalue weighted by molar-refractivity contribution is -0.120. The van der Waals surface area contributed by atoms with Crippen LogP contribution in [0, 0.1) is 0 Å². The molecule has 19 heavy (non-hydrogen) atoms. The topological polar surface area (TPSA) is 64.3 Å². The van der Waals surface area contributed by atoms with Crippen molar-refractivity contribution in [1.82, 2.24) is 5.32 Å². The molecule has 0 fully saturated rings. The second kappa shape index (κ2) is 8.30. The molecule has 0 spiro atoms. The Bertz CT molecular complexity index is 396. The van der Waals surface area contributed by atoms with Gasteiger partial charge in [-0.05, 0) is 38.1 Å². The van der Waals surface area contributed by atoms with Crippen molar-refractivity contribution in [2.75, 3.05) is 19.4 Å². The summed E-state index contributed by atoms with van der Waals surface area (Å²) < 4.78 is 5.07. The first-order chi connectivity index (χ1) is 8.46. The molecular formula is C13H21ClN2O2S. The van der Waals surface area contributed by atoms with Crippen LogP contribution in [-0.2, 0) is 4.79 Å². The van der Waals surface area contributed by atoms with Crippen LogP contribution in [0.15, 0.2) is 29.2 Å². The summed E-state index contributed by atoms with van der Waals surface area (Å²) in [6.07, 6.45) is 0. The van der Waals surface area contributed by atoms with Crippen LogP contribution < -0.4 is 15.8 Å². The van der Waals surface area contributed by atoms with Crippen molar-refractivity contribution in [2.45, 2.75) is 24.3 Å². The smallest absolute Gasteiger partial charge is 0.230 e. The van der Waals surface area contributed by atoms with E-state index in [9.17, 15) is 4.79 Å². The molecule has 4 nitrogen and oxygen atoms in total. The zero-order valence-electron chi connectivity index (χ0n) is 11.4. The van der Waals surface area contributed by atoms with Crippen molar-refractivity contribution < 1.29 is 9.53 Å². The minimum absolute atomic E-state index is 0. The van der Waals surface area contributed by atoms with E-state index in [4.69, 9.17) is 10.5 Å². The number of thioether (sulfide) groups is 1. The van der Waals surface area contributed by atoms with Gasteiger partial charge < -0.3 is 15.8 Å². The van der Waals surface area contributed by atoms with Gasteiger partial charge in [0, 0.05) is 17.0 Å². The Hall–Kier alpha value is -0.910. The summed E-state index contributed by atoms with van der Waals surface area (Å²) in [4.78, 5) is 12.7. The molecule has 1 aromatic rings. The summed E-state index contributed by atoms with van der Waals surface area (Å²) in [5.41, 5.74) is 5.21.